The summed E-state index contributed by atoms with van der Waals surface area (Å²) in [5, 5.41) is 0.659. The van der Waals surface area contributed by atoms with Crippen molar-refractivity contribution in [1.82, 2.24) is 14.9 Å². The maximum atomic E-state index is 15.3. The molecule has 34 heavy (non-hydrogen) atoms. The summed E-state index contributed by atoms with van der Waals surface area (Å²) in [7, 11) is 0. The van der Waals surface area contributed by atoms with E-state index in [0.29, 0.717) is 10.6 Å². The average molecular weight is 472 g/mol. The molecule has 0 amide bonds. The Bertz CT molecular complexity index is 1360. The third-order valence-corrected chi connectivity index (χ3v) is 8.39. The number of benzene rings is 2. The number of hydrogen-bond acceptors (Lipinski definition) is 5. The van der Waals surface area contributed by atoms with Crippen molar-refractivity contribution >= 4 is 28.0 Å². The number of thiazole rings is 1. The van der Waals surface area contributed by atoms with Gasteiger partial charge in [-0.1, -0.05) is 54.7 Å². The molecule has 1 saturated heterocycles. The first-order chi connectivity index (χ1) is 16.6. The van der Waals surface area contributed by atoms with Crippen molar-refractivity contribution in [3.8, 4) is 10.6 Å². The Balaban J connectivity index is 1.29. The Labute approximate surface area is 202 Å². The molecule has 2 aromatic heterocycles. The van der Waals surface area contributed by atoms with Gasteiger partial charge in [-0.05, 0) is 54.7 Å². The highest BCUT2D eigenvalue weighted by Gasteiger charge is 2.47. The fourth-order valence-electron chi connectivity index (χ4n) is 5.28. The zero-order valence-electron chi connectivity index (χ0n) is 19.1. The molecule has 1 atom stereocenters. The maximum absolute atomic E-state index is 15.3. The normalized spacial score (nSPS) is 18.5. The lowest BCUT2D eigenvalue weighted by Gasteiger charge is -2.42. The third-order valence-electron chi connectivity index (χ3n) is 7.39. The molecule has 1 aliphatic heterocycles. The number of halogens is 1. The van der Waals surface area contributed by atoms with Crippen LogP contribution in [0.3, 0.4) is 0 Å². The van der Waals surface area contributed by atoms with E-state index in [9.17, 15) is 4.79 Å². The summed E-state index contributed by atoms with van der Waals surface area (Å²) in [5.41, 5.74) is 4.66. The van der Waals surface area contributed by atoms with Crippen molar-refractivity contribution in [3.05, 3.63) is 83.3 Å². The average Bonchev–Trinajstić information content (AvgIpc) is 3.54. The van der Waals surface area contributed by atoms with Gasteiger partial charge in [-0.25, -0.2) is 14.4 Å². The summed E-state index contributed by atoms with van der Waals surface area (Å²) in [5.74, 6) is -0.152. The Hall–Kier alpha value is -2.96. The molecular weight excluding hydrogens is 445 g/mol. The molecular formula is C28H26FN3OS. The minimum absolute atomic E-state index is 0.00137. The Morgan fingerprint density at radius 2 is 1.91 bits per heavy atom. The van der Waals surface area contributed by atoms with Gasteiger partial charge in [0.25, 0.3) is 0 Å². The number of aldehydes is 1. The topological polar surface area (TPSA) is 46.1 Å². The van der Waals surface area contributed by atoms with Gasteiger partial charge in [0.15, 0.2) is 0 Å². The smallest absolute Gasteiger partial charge is 0.144 e. The summed E-state index contributed by atoms with van der Waals surface area (Å²) < 4.78 is 15.3. The number of hydrogen-bond donors (Lipinski definition) is 0. The summed E-state index contributed by atoms with van der Waals surface area (Å²) in [6, 6.07) is 20.3. The lowest BCUT2D eigenvalue weighted by atomic mass is 9.92. The number of carbonyl (C=O) groups is 1. The number of aromatic nitrogens is 2. The first-order valence-electron chi connectivity index (χ1n) is 11.9. The van der Waals surface area contributed by atoms with Crippen molar-refractivity contribution in [2.24, 2.45) is 5.92 Å². The van der Waals surface area contributed by atoms with Crippen LogP contribution in [0.4, 0.5) is 4.39 Å². The van der Waals surface area contributed by atoms with Crippen LogP contribution in [0, 0.1) is 11.7 Å². The summed E-state index contributed by atoms with van der Waals surface area (Å²) >= 11 is 1.45. The molecule has 0 radical (unpaired) electrons. The predicted octanol–water partition coefficient (Wildman–Crippen LogP) is 6.16. The minimum Gasteiger partial charge on any atom is -0.303 e. The summed E-state index contributed by atoms with van der Waals surface area (Å²) in [6.45, 7) is 3.60. The van der Waals surface area contributed by atoms with E-state index in [1.807, 2.05) is 24.3 Å². The van der Waals surface area contributed by atoms with Crippen LogP contribution in [0.25, 0.3) is 20.9 Å². The van der Waals surface area contributed by atoms with Crippen LogP contribution in [0.15, 0.2) is 60.7 Å². The van der Waals surface area contributed by atoms with E-state index in [2.05, 4.69) is 42.2 Å². The van der Waals surface area contributed by atoms with E-state index in [0.717, 1.165) is 60.2 Å². The van der Waals surface area contributed by atoms with Crippen LogP contribution in [0.2, 0.25) is 0 Å². The zero-order chi connectivity index (χ0) is 23.3. The van der Waals surface area contributed by atoms with E-state index < -0.39 is 0 Å². The van der Waals surface area contributed by atoms with E-state index >= 15 is 4.39 Å². The van der Waals surface area contributed by atoms with Gasteiger partial charge in [-0.2, -0.15) is 0 Å². The maximum Gasteiger partial charge on any atom is 0.144 e. The molecule has 4 aromatic rings. The highest BCUT2D eigenvalue weighted by atomic mass is 32.1. The van der Waals surface area contributed by atoms with Gasteiger partial charge >= 0.3 is 0 Å². The van der Waals surface area contributed by atoms with E-state index in [4.69, 9.17) is 9.97 Å². The van der Waals surface area contributed by atoms with Crippen LogP contribution < -0.4 is 0 Å². The van der Waals surface area contributed by atoms with Crippen LogP contribution >= 0.6 is 11.3 Å². The highest BCUT2D eigenvalue weighted by molar-refractivity contribution is 7.21. The second-order valence-corrected chi connectivity index (χ2v) is 10.5. The number of carbonyl (C=O) groups excluding carboxylic acids is 1. The molecule has 6 heteroatoms. The number of likely N-dealkylation sites (tertiary alicyclic amines) is 1. The zero-order valence-corrected chi connectivity index (χ0v) is 19.9. The highest BCUT2D eigenvalue weighted by Crippen LogP contribution is 2.53. The Morgan fingerprint density at radius 3 is 2.59 bits per heavy atom. The van der Waals surface area contributed by atoms with Gasteiger partial charge in [-0.15, -0.1) is 0 Å². The SMILES string of the molecule is CC[C@@H](c1ccc(-c2nc3ccc(C4(c5ccccc5)CC4)nc3s2)c(F)c1)N1CC(C=O)C1. The number of pyridine rings is 1. The number of rotatable bonds is 7. The van der Waals surface area contributed by atoms with E-state index in [1.54, 1.807) is 6.07 Å². The van der Waals surface area contributed by atoms with Gasteiger partial charge in [0, 0.05) is 36.0 Å². The fraction of sp³-hybridized carbons (Fsp3) is 0.321. The standard InChI is InChI=1S/C28H26FN3OS/c1-2-24(32-15-18(16-32)17-33)19-8-9-21(22(29)14-19)26-30-23-10-11-25(31-27(23)34-26)28(12-13-28)20-6-4-3-5-7-20/h3-11,14,17-18,24H,2,12-13,15-16H2,1H3/t24-/m0/s1. The molecule has 3 heterocycles. The van der Waals surface area contributed by atoms with Crippen molar-refractivity contribution in [3.63, 3.8) is 0 Å². The van der Waals surface area contributed by atoms with Crippen LogP contribution in [0.1, 0.15) is 49.0 Å². The molecule has 0 spiro atoms. The van der Waals surface area contributed by atoms with Crippen molar-refractivity contribution < 1.29 is 9.18 Å². The summed E-state index contributed by atoms with van der Waals surface area (Å²) in [4.78, 5) is 23.7. The summed E-state index contributed by atoms with van der Waals surface area (Å²) in [6.07, 6.45) is 4.09. The first kappa shape index (κ1) is 21.6. The molecule has 172 valence electrons. The van der Waals surface area contributed by atoms with E-state index in [1.165, 1.54) is 16.9 Å². The monoisotopic (exact) mass is 471 g/mol. The number of fused-ring (bicyclic) bond motifs is 1. The van der Waals surface area contributed by atoms with Crippen molar-refractivity contribution in [1.29, 1.82) is 0 Å². The van der Waals surface area contributed by atoms with Crippen LogP contribution in [0.5, 0.6) is 0 Å². The van der Waals surface area contributed by atoms with Gasteiger partial charge in [-0.3, -0.25) is 4.90 Å². The van der Waals surface area contributed by atoms with Crippen LogP contribution in [-0.4, -0.2) is 34.2 Å². The second-order valence-electron chi connectivity index (χ2n) is 9.50. The van der Waals surface area contributed by atoms with Crippen molar-refractivity contribution in [2.45, 2.75) is 37.6 Å². The molecule has 4 nitrogen and oxygen atoms in total. The Kier molecular flexibility index (Phi) is 5.30. The van der Waals surface area contributed by atoms with Crippen molar-refractivity contribution in [2.75, 3.05) is 13.1 Å². The van der Waals surface area contributed by atoms with Gasteiger partial charge < -0.3 is 4.79 Å². The molecule has 0 bridgehead atoms. The molecule has 0 unspecified atom stereocenters. The molecule has 2 aromatic carbocycles. The third kappa shape index (κ3) is 3.56. The predicted molar refractivity (Wildman–Crippen MR) is 133 cm³/mol. The quantitative estimate of drug-likeness (QED) is 0.303. The van der Waals surface area contributed by atoms with Gasteiger partial charge in [0.1, 0.15) is 27.5 Å². The van der Waals surface area contributed by atoms with Gasteiger partial charge in [0.2, 0.25) is 0 Å². The molecule has 2 aliphatic rings. The molecule has 2 fully saturated rings. The molecule has 1 saturated carbocycles. The van der Waals surface area contributed by atoms with Crippen LogP contribution in [-0.2, 0) is 10.2 Å². The first-order valence-corrected chi connectivity index (χ1v) is 12.8. The lowest BCUT2D eigenvalue weighted by Crippen LogP contribution is -2.48. The van der Waals surface area contributed by atoms with Gasteiger partial charge in [0.05, 0.1) is 5.69 Å². The molecule has 0 N–H and O–H groups in total. The fourth-order valence-corrected chi connectivity index (χ4v) is 6.24. The van der Waals surface area contributed by atoms with E-state index in [-0.39, 0.29) is 23.2 Å². The Morgan fingerprint density at radius 1 is 1.12 bits per heavy atom. The molecule has 1 aliphatic carbocycles. The second kappa shape index (κ2) is 8.36. The molecule has 6 rings (SSSR count). The largest absolute Gasteiger partial charge is 0.303 e. The minimum atomic E-state index is -0.259. The number of nitrogens with zero attached hydrogens (tertiary/aromatic N) is 3. The lowest BCUT2D eigenvalue weighted by molar-refractivity contribution is -0.116.